The fourth-order valence-electron chi connectivity index (χ4n) is 10.3. The molecule has 4 N–H and O–H groups in total. The molecule has 1 saturated heterocycles. The van der Waals surface area contributed by atoms with Crippen molar-refractivity contribution in [2.24, 2.45) is 52.8 Å². The molecule has 260 valence electrons. The minimum Gasteiger partial charge on any atom is -0.481 e. The second kappa shape index (κ2) is 14.0. The number of rotatable bonds is 12. The van der Waals surface area contributed by atoms with Gasteiger partial charge in [0.05, 0.1) is 38.4 Å². The van der Waals surface area contributed by atoms with Crippen molar-refractivity contribution in [2.75, 3.05) is 19.8 Å². The molecule has 1 aliphatic heterocycles. The van der Waals surface area contributed by atoms with E-state index in [4.69, 9.17) is 18.6 Å². The van der Waals surface area contributed by atoms with E-state index < -0.39 is 41.6 Å². The number of ether oxygens (including phenoxy) is 3. The molecule has 0 radical (unpaired) electrons. The Bertz CT molecular complexity index is 1340. The summed E-state index contributed by atoms with van der Waals surface area (Å²) in [6, 6.07) is 3.54. The molecule has 4 fully saturated rings. The van der Waals surface area contributed by atoms with Crippen molar-refractivity contribution in [3.63, 3.8) is 0 Å². The summed E-state index contributed by atoms with van der Waals surface area (Å²) in [7, 11) is 0. The van der Waals surface area contributed by atoms with E-state index in [2.05, 4.69) is 26.1 Å². The molecule has 11 atom stereocenters. The number of carbonyl (C=O) groups is 3. The number of carboxylic acids is 1. The van der Waals surface area contributed by atoms with Crippen LogP contribution in [0, 0.1) is 52.8 Å². The van der Waals surface area contributed by atoms with Crippen LogP contribution in [0.5, 0.6) is 0 Å². The Morgan fingerprint density at radius 3 is 2.57 bits per heavy atom. The maximum absolute atomic E-state index is 14.0. The van der Waals surface area contributed by atoms with E-state index in [0.29, 0.717) is 50.2 Å². The van der Waals surface area contributed by atoms with Crippen LogP contribution in [-0.4, -0.2) is 71.3 Å². The number of aliphatic hydroxyl groups excluding tert-OH is 1. The number of ketones is 1. The SMILES string of the molecule is CCC(CO[C@@H]1C2COC[C@]3(C[C@H]1OC(=O)O)C1=CC(=O)C4C(CCC(CC(C)C)[C@H]4C(=O)O)C1CCC23)NCc1ccc(CO)o1. The summed E-state index contributed by atoms with van der Waals surface area (Å²) in [5.74, 6) is -0.525. The van der Waals surface area contributed by atoms with Gasteiger partial charge < -0.3 is 39.3 Å². The molecule has 1 aromatic rings. The van der Waals surface area contributed by atoms with Crippen LogP contribution in [0.2, 0.25) is 0 Å². The lowest BCUT2D eigenvalue weighted by molar-refractivity contribution is -0.218. The van der Waals surface area contributed by atoms with Crippen molar-refractivity contribution in [3.8, 4) is 0 Å². The third-order valence-corrected chi connectivity index (χ3v) is 12.1. The first-order valence-electron chi connectivity index (χ1n) is 17.6. The van der Waals surface area contributed by atoms with Crippen LogP contribution in [0.15, 0.2) is 28.2 Å². The van der Waals surface area contributed by atoms with Gasteiger partial charge in [-0.05, 0) is 92.7 Å². The second-order valence-corrected chi connectivity index (χ2v) is 15.1. The molecule has 1 aromatic heterocycles. The van der Waals surface area contributed by atoms with Gasteiger partial charge in [0, 0.05) is 23.3 Å². The molecule has 0 amide bonds. The molecule has 11 heteroatoms. The number of aliphatic carboxylic acids is 1. The van der Waals surface area contributed by atoms with Gasteiger partial charge >= 0.3 is 12.1 Å². The number of nitrogens with one attached hydrogen (secondary N) is 1. The maximum atomic E-state index is 14.0. The van der Waals surface area contributed by atoms with E-state index in [0.717, 1.165) is 44.1 Å². The number of hydrogen-bond acceptors (Lipinski definition) is 9. The highest BCUT2D eigenvalue weighted by molar-refractivity contribution is 5.97. The monoisotopic (exact) mass is 657 g/mol. The highest BCUT2D eigenvalue weighted by atomic mass is 16.7. The quantitative estimate of drug-likeness (QED) is 0.222. The highest BCUT2D eigenvalue weighted by Crippen LogP contribution is 2.64. The lowest BCUT2D eigenvalue weighted by Crippen LogP contribution is -2.64. The molecule has 5 aliphatic rings. The summed E-state index contributed by atoms with van der Waals surface area (Å²) in [5, 5.41) is 32.9. The van der Waals surface area contributed by atoms with Crippen LogP contribution < -0.4 is 5.32 Å². The molecule has 11 nitrogen and oxygen atoms in total. The second-order valence-electron chi connectivity index (χ2n) is 15.1. The summed E-state index contributed by atoms with van der Waals surface area (Å²) >= 11 is 0. The molecular weight excluding hydrogens is 606 g/mol. The van der Waals surface area contributed by atoms with Crippen LogP contribution in [0.1, 0.15) is 77.2 Å². The van der Waals surface area contributed by atoms with Crippen LogP contribution >= 0.6 is 0 Å². The zero-order valence-electron chi connectivity index (χ0n) is 27.8. The predicted molar refractivity (Wildman–Crippen MR) is 169 cm³/mol. The van der Waals surface area contributed by atoms with Gasteiger partial charge in [0.2, 0.25) is 0 Å². The van der Waals surface area contributed by atoms with Crippen molar-refractivity contribution >= 4 is 17.9 Å². The van der Waals surface area contributed by atoms with Crippen LogP contribution in [0.25, 0.3) is 0 Å². The van der Waals surface area contributed by atoms with Gasteiger partial charge in [0.25, 0.3) is 0 Å². The summed E-state index contributed by atoms with van der Waals surface area (Å²) in [4.78, 5) is 38.7. The molecule has 0 aromatic carbocycles. The molecule has 7 unspecified atom stereocenters. The van der Waals surface area contributed by atoms with Crippen molar-refractivity contribution in [2.45, 2.75) is 97.1 Å². The van der Waals surface area contributed by atoms with E-state index in [1.54, 1.807) is 12.1 Å². The van der Waals surface area contributed by atoms with Gasteiger partial charge in [-0.15, -0.1) is 0 Å². The van der Waals surface area contributed by atoms with Gasteiger partial charge in [-0.1, -0.05) is 26.3 Å². The van der Waals surface area contributed by atoms with E-state index in [9.17, 15) is 29.7 Å². The van der Waals surface area contributed by atoms with Gasteiger partial charge in [0.15, 0.2) is 5.78 Å². The number of allylic oxidation sites excluding steroid dienone is 1. The Morgan fingerprint density at radius 1 is 1.11 bits per heavy atom. The van der Waals surface area contributed by atoms with Gasteiger partial charge in [-0.2, -0.15) is 0 Å². The van der Waals surface area contributed by atoms with E-state index in [1.165, 1.54) is 0 Å². The third-order valence-electron chi connectivity index (χ3n) is 12.1. The number of fused-ring (bicyclic) bond motifs is 3. The largest absolute Gasteiger partial charge is 0.506 e. The van der Waals surface area contributed by atoms with Crippen LogP contribution in [0.4, 0.5) is 4.79 Å². The Hall–Kier alpha value is -2.73. The predicted octanol–water partition coefficient (Wildman–Crippen LogP) is 5.05. The maximum Gasteiger partial charge on any atom is 0.506 e. The number of hydrogen-bond donors (Lipinski definition) is 4. The first-order chi connectivity index (χ1) is 22.6. The number of aliphatic hydroxyl groups is 1. The fourth-order valence-corrected chi connectivity index (χ4v) is 10.3. The summed E-state index contributed by atoms with van der Waals surface area (Å²) < 4.78 is 24.1. The highest BCUT2D eigenvalue weighted by Gasteiger charge is 2.64. The lowest BCUT2D eigenvalue weighted by Gasteiger charge is -2.62. The average Bonchev–Trinajstić information content (AvgIpc) is 3.49. The summed E-state index contributed by atoms with van der Waals surface area (Å²) in [6.45, 7) is 7.73. The number of furan rings is 1. The summed E-state index contributed by atoms with van der Waals surface area (Å²) in [6.07, 6.45) is 4.51. The normalized spacial score (nSPS) is 36.9. The lowest BCUT2D eigenvalue weighted by atomic mass is 9.45. The van der Waals surface area contributed by atoms with E-state index in [-0.39, 0.29) is 48.0 Å². The Morgan fingerprint density at radius 2 is 1.89 bits per heavy atom. The van der Waals surface area contributed by atoms with Crippen molar-refractivity contribution < 1.29 is 48.3 Å². The molecule has 4 aliphatic carbocycles. The molecular formula is C36H51NO10. The number of carboxylic acid groups (broad SMARTS) is 2. The molecule has 6 rings (SSSR count). The Labute approximate surface area is 276 Å². The zero-order valence-corrected chi connectivity index (χ0v) is 27.8. The smallest absolute Gasteiger partial charge is 0.481 e. The Kier molecular flexibility index (Phi) is 10.2. The van der Waals surface area contributed by atoms with Gasteiger partial charge in [-0.3, -0.25) is 9.59 Å². The van der Waals surface area contributed by atoms with Crippen molar-refractivity contribution in [3.05, 3.63) is 35.3 Å². The van der Waals surface area contributed by atoms with Crippen molar-refractivity contribution in [1.82, 2.24) is 5.32 Å². The van der Waals surface area contributed by atoms with Crippen molar-refractivity contribution in [1.29, 1.82) is 0 Å². The minimum absolute atomic E-state index is 0.0102. The van der Waals surface area contributed by atoms with Gasteiger partial charge in [-0.25, -0.2) is 4.79 Å². The molecule has 0 spiro atoms. The average molecular weight is 658 g/mol. The number of carbonyl (C=O) groups excluding carboxylic acids is 1. The Balaban J connectivity index is 1.23. The molecule has 2 bridgehead atoms. The van der Waals surface area contributed by atoms with Gasteiger partial charge in [0.1, 0.15) is 24.2 Å². The molecule has 2 heterocycles. The van der Waals surface area contributed by atoms with Crippen LogP contribution in [0.3, 0.4) is 0 Å². The fraction of sp³-hybridized carbons (Fsp3) is 0.750. The van der Waals surface area contributed by atoms with E-state index >= 15 is 0 Å². The standard InChI is InChI=1S/C36H51NO10/c1-4-21(37-14-22-6-7-23(15-38)46-22)16-45-33-26-17-44-18-36(13-30(33)47-35(42)43)27(26)10-9-24-25-8-5-20(11-19(2)3)31(34(40)41)32(25)29(39)12-28(24)36/h6-7,12,19-21,24-27,30-33,37-38H,4-5,8-11,13-18H2,1-3H3,(H,40,41)(H,42,43)/t20?,21?,24?,25?,26?,27?,30-,31-,32?,33-,36+/m1/s1. The topological polar surface area (TPSA) is 165 Å². The first-order valence-corrected chi connectivity index (χ1v) is 17.6. The summed E-state index contributed by atoms with van der Waals surface area (Å²) in [5.41, 5.74) is 0.480. The first kappa shape index (κ1) is 34.1. The van der Waals surface area contributed by atoms with E-state index in [1.807, 2.05) is 6.07 Å². The molecule has 47 heavy (non-hydrogen) atoms. The van der Waals surface area contributed by atoms with Crippen LogP contribution in [-0.2, 0) is 37.0 Å². The minimum atomic E-state index is -1.35. The third kappa shape index (κ3) is 6.53. The zero-order chi connectivity index (χ0) is 33.5. The molecule has 3 saturated carbocycles.